The second-order valence-corrected chi connectivity index (χ2v) is 4.00. The lowest BCUT2D eigenvalue weighted by atomic mass is 10.2. The van der Waals surface area contributed by atoms with Crippen molar-refractivity contribution in [3.05, 3.63) is 51.9 Å². The Morgan fingerprint density at radius 2 is 1.25 bits per heavy atom. The summed E-state index contributed by atoms with van der Waals surface area (Å²) in [5.74, 6) is 0. The fraction of sp³-hybridized carbons (Fsp3) is 0. The average Bonchev–Trinajstić information content (AvgIpc) is 2.47. The SMILES string of the molecule is N#[N+]c1ccc(N)c([N+](=[N-])c2cc([N+]#N)ccc2N)c1. The van der Waals surface area contributed by atoms with Gasteiger partial charge < -0.3 is 17.0 Å². The number of anilines is 2. The first-order valence-corrected chi connectivity index (χ1v) is 5.55. The van der Waals surface area contributed by atoms with E-state index < -0.39 is 0 Å². The van der Waals surface area contributed by atoms with Gasteiger partial charge >= 0.3 is 11.4 Å². The van der Waals surface area contributed by atoms with Crippen LogP contribution in [0.4, 0.5) is 34.1 Å². The Morgan fingerprint density at radius 3 is 1.60 bits per heavy atom. The molecule has 2 aromatic rings. The van der Waals surface area contributed by atoms with Gasteiger partial charge in [-0.05, 0) is 12.1 Å². The van der Waals surface area contributed by atoms with Gasteiger partial charge in [0.1, 0.15) is 23.5 Å². The van der Waals surface area contributed by atoms with Crippen LogP contribution in [0.25, 0.3) is 15.5 Å². The van der Waals surface area contributed by atoms with Crippen LogP contribution in [-0.4, -0.2) is 0 Å². The van der Waals surface area contributed by atoms with Gasteiger partial charge in [-0.25, -0.2) is 4.70 Å². The molecule has 0 radical (unpaired) electrons. The molecule has 2 rings (SSSR count). The van der Waals surface area contributed by atoms with Crippen LogP contribution in [0.5, 0.6) is 0 Å². The number of diazo groups is 2. The maximum Gasteiger partial charge on any atom is 0.391 e. The van der Waals surface area contributed by atoms with Crippen LogP contribution >= 0.6 is 0 Å². The molecule has 0 bridgehead atoms. The third-order valence-electron chi connectivity index (χ3n) is 2.72. The van der Waals surface area contributed by atoms with E-state index in [2.05, 4.69) is 9.95 Å². The Morgan fingerprint density at radius 1 is 0.850 bits per heavy atom. The zero-order valence-corrected chi connectivity index (χ0v) is 10.3. The van der Waals surface area contributed by atoms with Crippen LogP contribution in [0, 0.1) is 10.8 Å². The summed E-state index contributed by atoms with van der Waals surface area (Å²) >= 11 is 0. The highest BCUT2D eigenvalue weighted by molar-refractivity contribution is 5.77. The predicted molar refractivity (Wildman–Crippen MR) is 76.0 cm³/mol. The lowest BCUT2D eigenvalue weighted by Gasteiger charge is -2.07. The quantitative estimate of drug-likeness (QED) is 0.371. The number of nitrogen functional groups attached to an aromatic ring is 2. The molecular formula is C12H10N8+2. The van der Waals surface area contributed by atoms with Gasteiger partial charge in [-0.15, -0.1) is 0 Å². The second kappa shape index (κ2) is 5.00. The molecule has 4 N–H and O–H groups in total. The van der Waals surface area contributed by atoms with Gasteiger partial charge in [-0.2, -0.15) is 0 Å². The predicted octanol–water partition coefficient (Wildman–Crippen LogP) is 3.68. The summed E-state index contributed by atoms with van der Waals surface area (Å²) in [5.41, 5.74) is 23.1. The van der Waals surface area contributed by atoms with Crippen LogP contribution < -0.4 is 16.2 Å². The van der Waals surface area contributed by atoms with Crippen LogP contribution in [0.3, 0.4) is 0 Å². The van der Waals surface area contributed by atoms with Crippen LogP contribution in [-0.2, 0) is 0 Å². The molecule has 0 saturated carbocycles. The minimum absolute atomic E-state index is 0.182. The van der Waals surface area contributed by atoms with E-state index in [0.29, 0.717) is 0 Å². The van der Waals surface area contributed by atoms with Crippen LogP contribution in [0.2, 0.25) is 0 Å². The van der Waals surface area contributed by atoms with Crippen molar-refractivity contribution in [2.24, 2.45) is 0 Å². The van der Waals surface area contributed by atoms with E-state index in [1.54, 1.807) is 0 Å². The molecule has 0 saturated heterocycles. The number of rotatable bonds is 2. The molecule has 8 nitrogen and oxygen atoms in total. The normalized spacial score (nSPS) is 9.50. The molecule has 20 heavy (non-hydrogen) atoms. The Kier molecular flexibility index (Phi) is 3.23. The summed E-state index contributed by atoms with van der Waals surface area (Å²) in [6.07, 6.45) is 0. The second-order valence-electron chi connectivity index (χ2n) is 4.00. The van der Waals surface area contributed by atoms with Crippen molar-refractivity contribution < 1.29 is 0 Å². The number of hydrogen-bond acceptors (Lipinski definition) is 4. The smallest absolute Gasteiger partial charge is 0.391 e. The van der Waals surface area contributed by atoms with E-state index in [4.69, 9.17) is 22.3 Å². The number of benzene rings is 2. The van der Waals surface area contributed by atoms with Crippen molar-refractivity contribution in [1.29, 1.82) is 10.8 Å². The molecule has 0 aliphatic heterocycles. The molecule has 2 aromatic carbocycles. The largest absolute Gasteiger partial charge is 0.493 e. The standard InChI is InChI=1S/C12H10N8/c13-9-3-1-7(18-15)5-11(9)20(17)12-6-8(19-16)2-4-10(12)14/h1-6H,13-14H2/q+2. The van der Waals surface area contributed by atoms with Gasteiger partial charge in [-0.1, -0.05) is 0 Å². The Hall–Kier alpha value is -3.52. The molecule has 0 spiro atoms. The van der Waals surface area contributed by atoms with Gasteiger partial charge in [0, 0.05) is 12.1 Å². The monoisotopic (exact) mass is 266 g/mol. The van der Waals surface area contributed by atoms with E-state index in [0.717, 1.165) is 4.70 Å². The molecule has 0 amide bonds. The van der Waals surface area contributed by atoms with Crippen molar-refractivity contribution in [2.45, 2.75) is 0 Å². The fourth-order valence-electron chi connectivity index (χ4n) is 1.69. The summed E-state index contributed by atoms with van der Waals surface area (Å²) < 4.78 is 0.730. The number of nitrogens with zero attached hydrogens (tertiary/aromatic N) is 6. The average molecular weight is 266 g/mol. The number of hydrogen-bond donors (Lipinski definition) is 2. The highest BCUT2D eigenvalue weighted by Crippen LogP contribution is 2.34. The summed E-state index contributed by atoms with van der Waals surface area (Å²) in [7, 11) is 0. The van der Waals surface area contributed by atoms with E-state index in [1.807, 2.05) is 0 Å². The Balaban J connectivity index is 2.58. The Bertz CT molecular complexity index is 716. The molecule has 0 aromatic heterocycles. The fourth-order valence-corrected chi connectivity index (χ4v) is 1.69. The zero-order chi connectivity index (χ0) is 14.7. The molecule has 0 aliphatic rings. The van der Waals surface area contributed by atoms with Gasteiger partial charge in [-0.3, -0.25) is 0 Å². The van der Waals surface area contributed by atoms with Gasteiger partial charge in [0.2, 0.25) is 22.2 Å². The summed E-state index contributed by atoms with van der Waals surface area (Å²) in [6.45, 7) is 0. The third kappa shape index (κ3) is 2.21. The van der Waals surface area contributed by atoms with Crippen molar-refractivity contribution in [3.8, 4) is 0 Å². The minimum atomic E-state index is 0.182. The molecule has 0 atom stereocenters. The van der Waals surface area contributed by atoms with E-state index in [1.165, 1.54) is 36.4 Å². The van der Waals surface area contributed by atoms with E-state index in [-0.39, 0.29) is 34.1 Å². The molecule has 0 unspecified atom stereocenters. The summed E-state index contributed by atoms with van der Waals surface area (Å²) in [6, 6.07) is 8.66. The van der Waals surface area contributed by atoms with Gasteiger partial charge in [0.25, 0.3) is 0 Å². The molecule has 0 fully saturated rings. The zero-order valence-electron chi connectivity index (χ0n) is 10.3. The van der Waals surface area contributed by atoms with E-state index >= 15 is 0 Å². The van der Waals surface area contributed by atoms with Crippen molar-refractivity contribution in [3.63, 3.8) is 0 Å². The molecule has 0 aliphatic carbocycles. The first kappa shape index (κ1) is 12.9. The Labute approximate surface area is 114 Å². The topological polar surface area (TPSA) is 134 Å². The lowest BCUT2D eigenvalue weighted by Crippen LogP contribution is -2.03. The highest BCUT2D eigenvalue weighted by Gasteiger charge is 2.21. The lowest BCUT2D eigenvalue weighted by molar-refractivity contribution is 1.06. The van der Waals surface area contributed by atoms with Crippen LogP contribution in [0.15, 0.2) is 36.4 Å². The molecule has 0 heterocycles. The van der Waals surface area contributed by atoms with Gasteiger partial charge in [0.15, 0.2) is 9.95 Å². The molecule has 8 heteroatoms. The van der Waals surface area contributed by atoms with Gasteiger partial charge in [0.05, 0.1) is 0 Å². The van der Waals surface area contributed by atoms with Crippen LogP contribution in [0.1, 0.15) is 0 Å². The first-order chi connectivity index (χ1) is 9.56. The minimum Gasteiger partial charge on any atom is -0.493 e. The maximum atomic E-state index is 10.2. The van der Waals surface area contributed by atoms with Crippen molar-refractivity contribution in [1.82, 2.24) is 4.70 Å². The van der Waals surface area contributed by atoms with E-state index in [9.17, 15) is 5.53 Å². The summed E-state index contributed by atoms with van der Waals surface area (Å²) in [4.78, 5) is 6.04. The first-order valence-electron chi connectivity index (χ1n) is 5.55. The number of nitrogens with two attached hydrogens (primary N) is 2. The molecular weight excluding hydrogens is 256 g/mol. The maximum absolute atomic E-state index is 10.2. The van der Waals surface area contributed by atoms with Crippen molar-refractivity contribution >= 4 is 34.1 Å². The summed E-state index contributed by atoms with van der Waals surface area (Å²) in [5, 5.41) is 17.5. The van der Waals surface area contributed by atoms with Crippen molar-refractivity contribution in [2.75, 3.05) is 11.5 Å². The highest BCUT2D eigenvalue weighted by atomic mass is 15.2. The third-order valence-corrected chi connectivity index (χ3v) is 2.72. The molecule has 96 valence electrons.